The van der Waals surface area contributed by atoms with E-state index in [4.69, 9.17) is 0 Å². The Morgan fingerprint density at radius 3 is 2.54 bits per heavy atom. The van der Waals surface area contributed by atoms with Crippen LogP contribution in [0.15, 0.2) is 35.2 Å². The Morgan fingerprint density at radius 1 is 1.17 bits per heavy atom. The second-order valence-corrected chi connectivity index (χ2v) is 8.20. The molecular formula is C17H22N4O2S. The average molecular weight is 346 g/mol. The summed E-state index contributed by atoms with van der Waals surface area (Å²) in [5, 5.41) is 3.21. The molecule has 0 unspecified atom stereocenters. The van der Waals surface area contributed by atoms with E-state index in [2.05, 4.69) is 15.3 Å². The lowest BCUT2D eigenvalue weighted by molar-refractivity contribution is 0.385. The molecule has 0 amide bonds. The first-order valence-corrected chi connectivity index (χ1v) is 9.50. The van der Waals surface area contributed by atoms with Crippen LogP contribution < -0.4 is 5.32 Å². The van der Waals surface area contributed by atoms with E-state index in [1.165, 1.54) is 4.31 Å². The van der Waals surface area contributed by atoms with Crippen molar-refractivity contribution >= 4 is 16.0 Å². The van der Waals surface area contributed by atoms with Gasteiger partial charge in [-0.05, 0) is 32.9 Å². The third-order valence-corrected chi connectivity index (χ3v) is 5.89. The second kappa shape index (κ2) is 6.49. The first kappa shape index (κ1) is 16.9. The fourth-order valence-electron chi connectivity index (χ4n) is 2.82. The largest absolute Gasteiger partial charge is 0.352 e. The van der Waals surface area contributed by atoms with E-state index in [1.807, 2.05) is 26.8 Å². The van der Waals surface area contributed by atoms with E-state index in [9.17, 15) is 8.42 Å². The highest BCUT2D eigenvalue weighted by molar-refractivity contribution is 7.89. The molecule has 0 spiro atoms. The van der Waals surface area contributed by atoms with Gasteiger partial charge in [0.25, 0.3) is 0 Å². The van der Waals surface area contributed by atoms with Crippen molar-refractivity contribution in [2.24, 2.45) is 0 Å². The summed E-state index contributed by atoms with van der Waals surface area (Å²) in [4.78, 5) is 9.36. The molecule has 128 valence electrons. The van der Waals surface area contributed by atoms with E-state index in [0.29, 0.717) is 30.4 Å². The summed E-state index contributed by atoms with van der Waals surface area (Å²) >= 11 is 0. The number of nitrogens with one attached hydrogen (secondary N) is 1. The highest BCUT2D eigenvalue weighted by Gasteiger charge is 2.30. The van der Waals surface area contributed by atoms with E-state index in [-0.39, 0.29) is 6.04 Å². The van der Waals surface area contributed by atoms with Gasteiger partial charge < -0.3 is 5.32 Å². The molecule has 0 bridgehead atoms. The molecule has 1 N–H and O–H groups in total. The lowest BCUT2D eigenvalue weighted by Crippen LogP contribution is -2.37. The molecule has 0 saturated carbocycles. The number of nitrogens with zero attached hydrogens (tertiary/aromatic N) is 3. The first-order chi connectivity index (χ1) is 11.4. The Morgan fingerprint density at radius 2 is 1.88 bits per heavy atom. The molecule has 0 fully saturated rings. The highest BCUT2D eigenvalue weighted by atomic mass is 32.2. The minimum atomic E-state index is -3.49. The van der Waals surface area contributed by atoms with Gasteiger partial charge in [-0.15, -0.1) is 0 Å². The third-order valence-electron chi connectivity index (χ3n) is 4.03. The maximum Gasteiger partial charge on any atom is 0.243 e. The van der Waals surface area contributed by atoms with Gasteiger partial charge in [-0.3, -0.25) is 0 Å². The van der Waals surface area contributed by atoms with Gasteiger partial charge >= 0.3 is 0 Å². The number of aryl methyl sites for hydroxylation is 1. The molecule has 7 heteroatoms. The molecule has 2 heterocycles. The molecule has 3 rings (SSSR count). The monoisotopic (exact) mass is 346 g/mol. The van der Waals surface area contributed by atoms with Gasteiger partial charge in [0, 0.05) is 36.8 Å². The van der Waals surface area contributed by atoms with Gasteiger partial charge in [-0.1, -0.05) is 18.2 Å². The summed E-state index contributed by atoms with van der Waals surface area (Å²) in [5.41, 5.74) is 2.68. The summed E-state index contributed by atoms with van der Waals surface area (Å²) in [6.45, 7) is 6.73. The molecule has 24 heavy (non-hydrogen) atoms. The summed E-state index contributed by atoms with van der Waals surface area (Å²) < 4.78 is 27.1. The van der Waals surface area contributed by atoms with Crippen LogP contribution >= 0.6 is 0 Å². The molecule has 1 aliphatic heterocycles. The van der Waals surface area contributed by atoms with Crippen LogP contribution in [0.25, 0.3) is 0 Å². The number of benzene rings is 1. The maximum absolute atomic E-state index is 12.8. The number of rotatable bonds is 4. The molecule has 2 aromatic rings. The van der Waals surface area contributed by atoms with Crippen LogP contribution in [0.3, 0.4) is 0 Å². The van der Waals surface area contributed by atoms with Crippen LogP contribution in [-0.2, 0) is 23.0 Å². The van der Waals surface area contributed by atoms with Crippen molar-refractivity contribution in [1.29, 1.82) is 0 Å². The zero-order valence-electron chi connectivity index (χ0n) is 14.2. The van der Waals surface area contributed by atoms with Crippen molar-refractivity contribution in [2.75, 3.05) is 11.9 Å². The van der Waals surface area contributed by atoms with Crippen molar-refractivity contribution in [2.45, 2.75) is 44.7 Å². The quantitative estimate of drug-likeness (QED) is 0.920. The number of hydrogen-bond acceptors (Lipinski definition) is 5. The predicted octanol–water partition coefficient (Wildman–Crippen LogP) is 2.35. The number of sulfonamides is 1. The topological polar surface area (TPSA) is 75.2 Å². The average Bonchev–Trinajstić information content (AvgIpc) is 2.54. The number of fused-ring (bicyclic) bond motifs is 1. The van der Waals surface area contributed by atoms with Crippen LogP contribution in [0, 0.1) is 6.92 Å². The van der Waals surface area contributed by atoms with Crippen molar-refractivity contribution in [3.05, 3.63) is 47.3 Å². The van der Waals surface area contributed by atoms with E-state index in [1.54, 1.807) is 24.3 Å². The van der Waals surface area contributed by atoms with E-state index >= 15 is 0 Å². The molecular weight excluding hydrogens is 324 g/mol. The minimum Gasteiger partial charge on any atom is -0.352 e. The Balaban J connectivity index is 1.90. The zero-order chi connectivity index (χ0) is 17.3. The molecule has 0 atom stereocenters. The van der Waals surface area contributed by atoms with Gasteiger partial charge in [0.2, 0.25) is 16.0 Å². The van der Waals surface area contributed by atoms with Crippen LogP contribution in [0.4, 0.5) is 5.95 Å². The zero-order valence-corrected chi connectivity index (χ0v) is 15.0. The lowest BCUT2D eigenvalue weighted by Gasteiger charge is -2.28. The van der Waals surface area contributed by atoms with Gasteiger partial charge in [-0.2, -0.15) is 4.31 Å². The third kappa shape index (κ3) is 3.27. The van der Waals surface area contributed by atoms with Crippen LogP contribution in [0.2, 0.25) is 0 Å². The van der Waals surface area contributed by atoms with Crippen molar-refractivity contribution in [3.63, 3.8) is 0 Å². The second-order valence-electron chi connectivity index (χ2n) is 6.26. The molecule has 1 aliphatic rings. The molecule has 1 aromatic carbocycles. The highest BCUT2D eigenvalue weighted by Crippen LogP contribution is 2.26. The summed E-state index contributed by atoms with van der Waals surface area (Å²) in [6, 6.07) is 8.80. The number of aromatic nitrogens is 2. The summed E-state index contributed by atoms with van der Waals surface area (Å²) in [5.74, 6) is 0.612. The van der Waals surface area contributed by atoms with Crippen LogP contribution in [-0.4, -0.2) is 35.3 Å². The number of hydrogen-bond donors (Lipinski definition) is 1. The Hall–Kier alpha value is -1.99. The fourth-order valence-corrected chi connectivity index (χ4v) is 4.25. The summed E-state index contributed by atoms with van der Waals surface area (Å²) in [6.07, 6.45) is 0.595. The van der Waals surface area contributed by atoms with Gasteiger partial charge in [-0.25, -0.2) is 18.4 Å². The molecule has 1 aromatic heterocycles. The SMILES string of the molecule is Cc1nc(NC(C)C)nc2c1CN(S(=O)(=O)c1ccccc1)CC2. The van der Waals surface area contributed by atoms with Crippen molar-refractivity contribution < 1.29 is 8.42 Å². The smallest absolute Gasteiger partial charge is 0.243 e. The Labute approximate surface area is 143 Å². The lowest BCUT2D eigenvalue weighted by atomic mass is 10.1. The maximum atomic E-state index is 12.8. The van der Waals surface area contributed by atoms with E-state index < -0.39 is 10.0 Å². The first-order valence-electron chi connectivity index (χ1n) is 8.06. The predicted molar refractivity (Wildman–Crippen MR) is 93.3 cm³/mol. The minimum absolute atomic E-state index is 0.251. The molecule has 0 aliphatic carbocycles. The van der Waals surface area contributed by atoms with Crippen molar-refractivity contribution in [1.82, 2.24) is 14.3 Å². The standard InChI is InChI=1S/C17H22N4O2S/c1-12(2)18-17-19-13(3)15-11-21(10-9-16(15)20-17)24(22,23)14-7-5-4-6-8-14/h4-8,12H,9-11H2,1-3H3,(H,18,19,20). The van der Waals surface area contributed by atoms with Crippen molar-refractivity contribution in [3.8, 4) is 0 Å². The van der Waals surface area contributed by atoms with Gasteiger partial charge in [0.15, 0.2) is 0 Å². The number of anilines is 1. The molecule has 0 radical (unpaired) electrons. The Bertz CT molecular complexity index is 835. The van der Waals surface area contributed by atoms with E-state index in [0.717, 1.165) is 17.0 Å². The molecule has 6 nitrogen and oxygen atoms in total. The normalized spacial score (nSPS) is 15.3. The molecule has 0 saturated heterocycles. The van der Waals surface area contributed by atoms with Crippen LogP contribution in [0.5, 0.6) is 0 Å². The fraction of sp³-hybridized carbons (Fsp3) is 0.412. The summed E-state index contributed by atoms with van der Waals surface area (Å²) in [7, 11) is -3.49. The van der Waals surface area contributed by atoms with Gasteiger partial charge in [0.05, 0.1) is 10.6 Å². The Kier molecular flexibility index (Phi) is 4.56. The van der Waals surface area contributed by atoms with Crippen LogP contribution in [0.1, 0.15) is 30.8 Å². The van der Waals surface area contributed by atoms with Gasteiger partial charge in [0.1, 0.15) is 0 Å².